The number of thiophene rings is 1. The zero-order valence-corrected chi connectivity index (χ0v) is 11.5. The van der Waals surface area contributed by atoms with Gasteiger partial charge < -0.3 is 9.15 Å². The SMILES string of the molecule is CCOC(=O)c1oc(-c2ccc(Cl)s2)nc1C(F)(F)F. The van der Waals surface area contributed by atoms with Crippen molar-refractivity contribution >= 4 is 28.9 Å². The van der Waals surface area contributed by atoms with Crippen LogP contribution in [0.1, 0.15) is 23.2 Å². The average Bonchev–Trinajstić information content (AvgIpc) is 2.94. The van der Waals surface area contributed by atoms with Crippen molar-refractivity contribution in [2.75, 3.05) is 6.61 Å². The van der Waals surface area contributed by atoms with Crippen LogP contribution in [0.4, 0.5) is 13.2 Å². The summed E-state index contributed by atoms with van der Waals surface area (Å²) >= 11 is 6.68. The highest BCUT2D eigenvalue weighted by Gasteiger charge is 2.42. The van der Waals surface area contributed by atoms with Crippen molar-refractivity contribution in [2.45, 2.75) is 13.1 Å². The van der Waals surface area contributed by atoms with Gasteiger partial charge in [0.15, 0.2) is 5.69 Å². The predicted molar refractivity (Wildman–Crippen MR) is 65.8 cm³/mol. The molecule has 0 fully saturated rings. The molecule has 108 valence electrons. The number of hydrogen-bond acceptors (Lipinski definition) is 5. The molecule has 0 spiro atoms. The summed E-state index contributed by atoms with van der Waals surface area (Å²) in [7, 11) is 0. The number of oxazole rings is 1. The molecule has 0 N–H and O–H groups in total. The average molecular weight is 326 g/mol. The molecule has 20 heavy (non-hydrogen) atoms. The molecule has 4 nitrogen and oxygen atoms in total. The van der Waals surface area contributed by atoms with E-state index < -0.39 is 23.6 Å². The van der Waals surface area contributed by atoms with E-state index in [1.807, 2.05) is 0 Å². The zero-order valence-electron chi connectivity index (χ0n) is 9.95. The lowest BCUT2D eigenvalue weighted by molar-refractivity contribution is -0.141. The van der Waals surface area contributed by atoms with Crippen molar-refractivity contribution in [2.24, 2.45) is 0 Å². The maximum absolute atomic E-state index is 12.8. The van der Waals surface area contributed by atoms with Crippen LogP contribution in [0.2, 0.25) is 4.34 Å². The number of carbonyl (C=O) groups is 1. The fraction of sp³-hybridized carbons (Fsp3) is 0.273. The summed E-state index contributed by atoms with van der Waals surface area (Å²) in [6, 6.07) is 2.94. The van der Waals surface area contributed by atoms with Gasteiger partial charge in [0.1, 0.15) is 0 Å². The number of nitrogens with zero attached hydrogens (tertiary/aromatic N) is 1. The zero-order chi connectivity index (χ0) is 14.9. The van der Waals surface area contributed by atoms with Gasteiger partial charge in [-0.15, -0.1) is 11.3 Å². The molecule has 0 amide bonds. The van der Waals surface area contributed by atoms with E-state index in [0.29, 0.717) is 4.34 Å². The number of rotatable bonds is 3. The van der Waals surface area contributed by atoms with Crippen LogP contribution in [-0.4, -0.2) is 17.6 Å². The quantitative estimate of drug-likeness (QED) is 0.791. The largest absolute Gasteiger partial charge is 0.460 e. The van der Waals surface area contributed by atoms with E-state index in [9.17, 15) is 18.0 Å². The van der Waals surface area contributed by atoms with Crippen LogP contribution in [0, 0.1) is 0 Å². The van der Waals surface area contributed by atoms with Crippen LogP contribution in [-0.2, 0) is 10.9 Å². The maximum atomic E-state index is 12.8. The molecule has 2 aromatic rings. The first kappa shape index (κ1) is 14.9. The fourth-order valence-electron chi connectivity index (χ4n) is 1.38. The molecule has 0 atom stereocenters. The normalized spacial score (nSPS) is 11.7. The third-order valence-corrected chi connectivity index (χ3v) is 3.36. The summed E-state index contributed by atoms with van der Waals surface area (Å²) in [6.45, 7) is 1.40. The van der Waals surface area contributed by atoms with Gasteiger partial charge in [0.25, 0.3) is 0 Å². The van der Waals surface area contributed by atoms with E-state index in [1.165, 1.54) is 19.1 Å². The molecule has 0 aromatic carbocycles. The first-order valence-corrected chi connectivity index (χ1v) is 6.53. The Morgan fingerprint density at radius 3 is 2.70 bits per heavy atom. The van der Waals surface area contributed by atoms with Crippen molar-refractivity contribution < 1.29 is 27.1 Å². The third kappa shape index (κ3) is 2.96. The van der Waals surface area contributed by atoms with Gasteiger partial charge in [-0.3, -0.25) is 0 Å². The van der Waals surface area contributed by atoms with Crippen molar-refractivity contribution in [1.82, 2.24) is 4.98 Å². The lowest BCUT2D eigenvalue weighted by Gasteiger charge is -2.03. The van der Waals surface area contributed by atoms with Gasteiger partial charge in [-0.2, -0.15) is 13.2 Å². The second-order valence-electron chi connectivity index (χ2n) is 3.52. The Kier molecular flexibility index (Phi) is 4.05. The number of alkyl halides is 3. The van der Waals surface area contributed by atoms with Crippen LogP contribution >= 0.6 is 22.9 Å². The highest BCUT2D eigenvalue weighted by molar-refractivity contribution is 7.19. The fourth-order valence-corrected chi connectivity index (χ4v) is 2.35. The molecular weight excluding hydrogens is 319 g/mol. The summed E-state index contributed by atoms with van der Waals surface area (Å²) in [5, 5.41) is 0. The second kappa shape index (κ2) is 5.45. The summed E-state index contributed by atoms with van der Waals surface area (Å²) in [5.74, 6) is -2.49. The molecule has 0 aliphatic rings. The molecule has 0 aliphatic carbocycles. The van der Waals surface area contributed by atoms with E-state index in [0.717, 1.165) is 11.3 Å². The molecule has 0 radical (unpaired) electrons. The molecule has 0 unspecified atom stereocenters. The lowest BCUT2D eigenvalue weighted by Crippen LogP contribution is -2.14. The highest BCUT2D eigenvalue weighted by atomic mass is 35.5. The Morgan fingerprint density at radius 2 is 2.20 bits per heavy atom. The molecule has 2 heterocycles. The smallest absolute Gasteiger partial charge is 0.437 e. The van der Waals surface area contributed by atoms with Gasteiger partial charge >= 0.3 is 12.1 Å². The van der Waals surface area contributed by atoms with Gasteiger partial charge in [0.05, 0.1) is 15.8 Å². The van der Waals surface area contributed by atoms with E-state index in [-0.39, 0.29) is 17.4 Å². The van der Waals surface area contributed by atoms with Crippen molar-refractivity contribution in [1.29, 1.82) is 0 Å². The number of esters is 1. The minimum absolute atomic E-state index is 0.0724. The van der Waals surface area contributed by atoms with Crippen LogP contribution in [0.3, 0.4) is 0 Å². The Labute approximate surface area is 120 Å². The summed E-state index contributed by atoms with van der Waals surface area (Å²) in [6.07, 6.45) is -4.81. The summed E-state index contributed by atoms with van der Waals surface area (Å²) < 4.78 is 48.3. The molecule has 2 aromatic heterocycles. The predicted octanol–water partition coefficient (Wildman–Crippen LogP) is 4.25. The van der Waals surface area contributed by atoms with Crippen LogP contribution in [0.15, 0.2) is 16.5 Å². The van der Waals surface area contributed by atoms with E-state index >= 15 is 0 Å². The van der Waals surface area contributed by atoms with Gasteiger partial charge in [0.2, 0.25) is 11.7 Å². The molecule has 0 bridgehead atoms. The minimum Gasteiger partial charge on any atom is -0.460 e. The minimum atomic E-state index is -4.81. The summed E-state index contributed by atoms with van der Waals surface area (Å²) in [4.78, 5) is 15.1. The number of carbonyl (C=O) groups excluding carboxylic acids is 1. The molecular formula is C11H7ClF3NO3S. The molecule has 0 aliphatic heterocycles. The second-order valence-corrected chi connectivity index (χ2v) is 5.23. The maximum Gasteiger partial charge on any atom is 0.437 e. The standard InChI is InChI=1S/C11H7ClF3NO3S/c1-2-18-10(17)7-8(11(13,14)15)16-9(19-7)5-3-4-6(12)20-5/h3-4H,2H2,1H3. The van der Waals surface area contributed by atoms with Crippen molar-refractivity contribution in [3.63, 3.8) is 0 Å². The first-order valence-electron chi connectivity index (χ1n) is 5.33. The molecule has 9 heteroatoms. The van der Waals surface area contributed by atoms with E-state index in [4.69, 9.17) is 16.0 Å². The Hall–Kier alpha value is -1.54. The van der Waals surface area contributed by atoms with Crippen molar-refractivity contribution in [3.8, 4) is 10.8 Å². The van der Waals surface area contributed by atoms with Gasteiger partial charge in [0, 0.05) is 0 Å². The van der Waals surface area contributed by atoms with Gasteiger partial charge in [-0.05, 0) is 19.1 Å². The summed E-state index contributed by atoms with van der Waals surface area (Å²) in [5.41, 5.74) is -1.41. The Balaban J connectivity index is 2.50. The number of halogens is 4. The van der Waals surface area contributed by atoms with Crippen LogP contribution in [0.25, 0.3) is 10.8 Å². The van der Waals surface area contributed by atoms with E-state index in [2.05, 4.69) is 9.72 Å². The van der Waals surface area contributed by atoms with Gasteiger partial charge in [-0.25, -0.2) is 9.78 Å². The molecule has 0 saturated heterocycles. The Bertz CT molecular complexity index is 635. The van der Waals surface area contributed by atoms with Crippen LogP contribution < -0.4 is 0 Å². The lowest BCUT2D eigenvalue weighted by atomic mass is 10.3. The van der Waals surface area contributed by atoms with Crippen LogP contribution in [0.5, 0.6) is 0 Å². The first-order chi connectivity index (χ1) is 9.32. The topological polar surface area (TPSA) is 52.3 Å². The molecule has 0 saturated carbocycles. The van der Waals surface area contributed by atoms with E-state index in [1.54, 1.807) is 0 Å². The monoisotopic (exact) mass is 325 g/mol. The van der Waals surface area contributed by atoms with Crippen molar-refractivity contribution in [3.05, 3.63) is 27.9 Å². The number of ether oxygens (including phenoxy) is 1. The third-order valence-electron chi connectivity index (χ3n) is 2.14. The highest BCUT2D eigenvalue weighted by Crippen LogP contribution is 2.37. The molecule has 2 rings (SSSR count). The Morgan fingerprint density at radius 1 is 1.50 bits per heavy atom. The van der Waals surface area contributed by atoms with Gasteiger partial charge in [-0.1, -0.05) is 11.6 Å². The number of hydrogen-bond donors (Lipinski definition) is 0. The number of aromatic nitrogens is 1.